The average Bonchev–Trinajstić information content (AvgIpc) is 3.45. The molecule has 0 aliphatic heterocycles. The van der Waals surface area contributed by atoms with Crippen molar-refractivity contribution < 1.29 is 0 Å². The minimum absolute atomic E-state index is 0.128. The van der Waals surface area contributed by atoms with Crippen molar-refractivity contribution in [1.82, 2.24) is 0 Å². The van der Waals surface area contributed by atoms with Gasteiger partial charge in [-0.05, 0) is 128 Å². The lowest BCUT2D eigenvalue weighted by molar-refractivity contribution is 0.666. The summed E-state index contributed by atoms with van der Waals surface area (Å²) >= 11 is 0. The Kier molecular flexibility index (Phi) is 6.40. The molecule has 11 rings (SSSR count). The molecule has 0 spiro atoms. The SMILES string of the molecule is CC1(C)c2ccc(-c3c4ccccc4c(-c4cccc(-c5ccc6ccccc6c5)c4)c4ccccc34)cc2-c2c1c1ccccc1c1ccccc21. The van der Waals surface area contributed by atoms with E-state index in [9.17, 15) is 0 Å². The van der Waals surface area contributed by atoms with Gasteiger partial charge in [-0.3, -0.25) is 0 Å². The quantitative estimate of drug-likeness (QED) is 0.129. The lowest BCUT2D eigenvalue weighted by atomic mass is 9.79. The lowest BCUT2D eigenvalue weighted by Gasteiger charge is -2.24. The van der Waals surface area contributed by atoms with Crippen LogP contribution in [0.1, 0.15) is 25.0 Å². The van der Waals surface area contributed by atoms with Crippen molar-refractivity contribution in [1.29, 1.82) is 0 Å². The first kappa shape index (κ1) is 30.2. The monoisotopic (exact) mass is 672 g/mol. The summed E-state index contributed by atoms with van der Waals surface area (Å²) in [4.78, 5) is 0. The largest absolute Gasteiger partial charge is 0.0616 e. The van der Waals surface area contributed by atoms with Gasteiger partial charge in [-0.25, -0.2) is 0 Å². The van der Waals surface area contributed by atoms with Crippen molar-refractivity contribution >= 4 is 53.9 Å². The lowest BCUT2D eigenvalue weighted by Crippen LogP contribution is -2.15. The molecule has 0 saturated heterocycles. The highest BCUT2D eigenvalue weighted by molar-refractivity contribution is 6.23. The molecule has 0 heteroatoms. The van der Waals surface area contributed by atoms with Crippen LogP contribution in [0.5, 0.6) is 0 Å². The summed E-state index contributed by atoms with van der Waals surface area (Å²) in [6.07, 6.45) is 0. The molecule has 1 aliphatic carbocycles. The van der Waals surface area contributed by atoms with Crippen molar-refractivity contribution in [2.45, 2.75) is 19.3 Å². The zero-order chi connectivity index (χ0) is 35.3. The van der Waals surface area contributed by atoms with Crippen LogP contribution in [0, 0.1) is 0 Å². The molecule has 0 fully saturated rings. The highest BCUT2D eigenvalue weighted by Gasteiger charge is 2.38. The Bertz CT molecular complexity index is 3080. The molecule has 0 aromatic heterocycles. The Morgan fingerprint density at radius 2 is 0.755 bits per heavy atom. The average molecular weight is 673 g/mol. The molecule has 0 saturated carbocycles. The van der Waals surface area contributed by atoms with E-state index in [1.165, 1.54) is 109 Å². The van der Waals surface area contributed by atoms with Gasteiger partial charge in [-0.2, -0.15) is 0 Å². The summed E-state index contributed by atoms with van der Waals surface area (Å²) in [7, 11) is 0. The fourth-order valence-corrected chi connectivity index (χ4v) is 9.63. The summed E-state index contributed by atoms with van der Waals surface area (Å²) < 4.78 is 0. The van der Waals surface area contributed by atoms with Crippen LogP contribution in [0.25, 0.3) is 98.4 Å². The number of benzene rings is 10. The van der Waals surface area contributed by atoms with Gasteiger partial charge in [0.2, 0.25) is 0 Å². The minimum Gasteiger partial charge on any atom is -0.0616 e. The van der Waals surface area contributed by atoms with Crippen LogP contribution < -0.4 is 0 Å². The molecule has 0 bridgehead atoms. The first-order chi connectivity index (χ1) is 26.1. The molecule has 0 atom stereocenters. The summed E-state index contributed by atoms with van der Waals surface area (Å²) in [6.45, 7) is 4.81. The van der Waals surface area contributed by atoms with Crippen molar-refractivity contribution in [2.75, 3.05) is 0 Å². The molecular formula is C53H36. The van der Waals surface area contributed by atoms with E-state index in [0.29, 0.717) is 0 Å². The Morgan fingerprint density at radius 1 is 0.302 bits per heavy atom. The van der Waals surface area contributed by atoms with E-state index in [4.69, 9.17) is 0 Å². The predicted molar refractivity (Wildman–Crippen MR) is 228 cm³/mol. The predicted octanol–water partition coefficient (Wildman–Crippen LogP) is 14.8. The fraction of sp³-hybridized carbons (Fsp3) is 0.0566. The molecule has 10 aromatic carbocycles. The van der Waals surface area contributed by atoms with Gasteiger partial charge in [0.25, 0.3) is 0 Å². The van der Waals surface area contributed by atoms with E-state index >= 15 is 0 Å². The van der Waals surface area contributed by atoms with E-state index in [1.54, 1.807) is 0 Å². The van der Waals surface area contributed by atoms with Gasteiger partial charge in [0.05, 0.1) is 0 Å². The first-order valence-electron chi connectivity index (χ1n) is 18.7. The van der Waals surface area contributed by atoms with Crippen molar-refractivity contribution in [3.05, 3.63) is 193 Å². The third-order valence-corrected chi connectivity index (χ3v) is 12.0. The fourth-order valence-electron chi connectivity index (χ4n) is 9.63. The standard InChI is InChI=1S/C53H36/c1-53(2)48-29-28-38(32-47(48)51-41-20-7-5-18-39(41)40-19-6-12-25-46(40)52(51)53)50-44-23-10-8-21-42(44)49(43-22-9-11-24-45(43)50)37-17-13-16-35(31-37)36-27-26-33-14-3-4-15-34(33)30-36/h3-32H,1-2H3. The minimum atomic E-state index is -0.128. The maximum atomic E-state index is 2.50. The van der Waals surface area contributed by atoms with Gasteiger partial charge in [0.1, 0.15) is 0 Å². The van der Waals surface area contributed by atoms with Gasteiger partial charge in [0, 0.05) is 5.41 Å². The van der Waals surface area contributed by atoms with Crippen LogP contribution in [0.4, 0.5) is 0 Å². The topological polar surface area (TPSA) is 0 Å². The van der Waals surface area contributed by atoms with E-state index in [2.05, 4.69) is 196 Å². The first-order valence-corrected chi connectivity index (χ1v) is 18.7. The molecule has 0 amide bonds. The summed E-state index contributed by atoms with van der Waals surface area (Å²) in [5.74, 6) is 0. The number of hydrogen-bond acceptors (Lipinski definition) is 0. The summed E-state index contributed by atoms with van der Waals surface area (Å²) in [6, 6.07) is 67.8. The van der Waals surface area contributed by atoms with Gasteiger partial charge in [-0.1, -0.05) is 178 Å². The molecule has 0 unspecified atom stereocenters. The second-order valence-corrected chi connectivity index (χ2v) is 15.2. The van der Waals surface area contributed by atoms with Gasteiger partial charge in [-0.15, -0.1) is 0 Å². The third kappa shape index (κ3) is 4.36. The van der Waals surface area contributed by atoms with Crippen molar-refractivity contribution in [3.63, 3.8) is 0 Å². The molecule has 0 N–H and O–H groups in total. The number of fused-ring (bicyclic) bond motifs is 11. The van der Waals surface area contributed by atoms with Gasteiger partial charge < -0.3 is 0 Å². The molecular weight excluding hydrogens is 637 g/mol. The van der Waals surface area contributed by atoms with Crippen molar-refractivity contribution in [2.24, 2.45) is 0 Å². The maximum Gasteiger partial charge on any atom is 0.0165 e. The molecule has 0 nitrogen and oxygen atoms in total. The van der Waals surface area contributed by atoms with Crippen LogP contribution in [-0.2, 0) is 5.41 Å². The van der Waals surface area contributed by atoms with Crippen LogP contribution >= 0.6 is 0 Å². The smallest absolute Gasteiger partial charge is 0.0165 e. The highest BCUT2D eigenvalue weighted by atomic mass is 14.4. The van der Waals surface area contributed by atoms with Gasteiger partial charge in [0.15, 0.2) is 0 Å². The summed E-state index contributed by atoms with van der Waals surface area (Å²) in [5.41, 5.74) is 13.0. The zero-order valence-electron chi connectivity index (χ0n) is 29.8. The normalized spacial score (nSPS) is 13.2. The molecule has 10 aromatic rings. The molecule has 0 heterocycles. The summed E-state index contributed by atoms with van der Waals surface area (Å²) in [5, 5.41) is 13.0. The molecule has 1 aliphatic rings. The van der Waals surface area contributed by atoms with Gasteiger partial charge >= 0.3 is 0 Å². The van der Waals surface area contributed by atoms with Crippen LogP contribution in [0.15, 0.2) is 182 Å². The second kappa shape index (κ2) is 11.2. The van der Waals surface area contributed by atoms with Crippen LogP contribution in [0.3, 0.4) is 0 Å². The third-order valence-electron chi connectivity index (χ3n) is 12.0. The Labute approximate surface area is 309 Å². The molecule has 0 radical (unpaired) electrons. The van der Waals surface area contributed by atoms with E-state index in [0.717, 1.165) is 0 Å². The zero-order valence-corrected chi connectivity index (χ0v) is 29.8. The van der Waals surface area contributed by atoms with Crippen LogP contribution in [0.2, 0.25) is 0 Å². The van der Waals surface area contributed by atoms with Crippen molar-refractivity contribution in [3.8, 4) is 44.5 Å². The Hall–Kier alpha value is -6.50. The maximum absolute atomic E-state index is 2.50. The van der Waals surface area contributed by atoms with E-state index < -0.39 is 0 Å². The van der Waals surface area contributed by atoms with Crippen LogP contribution in [-0.4, -0.2) is 0 Å². The second-order valence-electron chi connectivity index (χ2n) is 15.2. The molecule has 248 valence electrons. The van der Waals surface area contributed by atoms with E-state index in [1.807, 2.05) is 0 Å². The van der Waals surface area contributed by atoms with E-state index in [-0.39, 0.29) is 5.41 Å². The number of rotatable bonds is 3. The molecule has 53 heavy (non-hydrogen) atoms. The Morgan fingerprint density at radius 3 is 1.40 bits per heavy atom. The number of hydrogen-bond donors (Lipinski definition) is 0. The Balaban J connectivity index is 1.16. The highest BCUT2D eigenvalue weighted by Crippen LogP contribution is 2.56.